The second-order valence-electron chi connectivity index (χ2n) is 4.70. The van der Waals surface area contributed by atoms with Crippen LogP contribution in [0.2, 0.25) is 0 Å². The van der Waals surface area contributed by atoms with Crippen LogP contribution >= 0.6 is 11.3 Å². The van der Waals surface area contributed by atoms with Gasteiger partial charge in [-0.05, 0) is 32.6 Å². The predicted octanol–water partition coefficient (Wildman–Crippen LogP) is 2.38. The van der Waals surface area contributed by atoms with Crippen molar-refractivity contribution in [3.8, 4) is 0 Å². The Morgan fingerprint density at radius 3 is 2.74 bits per heavy atom. The van der Waals surface area contributed by atoms with Crippen molar-refractivity contribution in [1.29, 1.82) is 0 Å². The molecule has 0 aromatic carbocycles. The van der Waals surface area contributed by atoms with Gasteiger partial charge in [-0.15, -0.1) is 11.3 Å². The average molecular weight is 282 g/mol. The second-order valence-corrected chi connectivity index (χ2v) is 5.56. The van der Waals surface area contributed by atoms with Gasteiger partial charge in [-0.3, -0.25) is 4.79 Å². The molecular weight excluding hydrogens is 264 g/mol. The minimum Gasteiger partial charge on any atom is -0.461 e. The monoisotopic (exact) mass is 282 g/mol. The molecule has 1 saturated carbocycles. The summed E-state index contributed by atoms with van der Waals surface area (Å²) in [5, 5.41) is 4.86. The molecule has 0 aliphatic heterocycles. The van der Waals surface area contributed by atoms with Gasteiger partial charge in [0.05, 0.1) is 6.61 Å². The number of nitrogens with zero attached hydrogens (tertiary/aromatic N) is 1. The van der Waals surface area contributed by atoms with E-state index < -0.39 is 5.97 Å². The Morgan fingerprint density at radius 2 is 2.21 bits per heavy atom. The Balaban J connectivity index is 2.02. The quantitative estimate of drug-likeness (QED) is 0.842. The van der Waals surface area contributed by atoms with Crippen LogP contribution < -0.4 is 5.32 Å². The number of thiazole rings is 1. The van der Waals surface area contributed by atoms with Crippen LogP contribution in [0.3, 0.4) is 0 Å². The van der Waals surface area contributed by atoms with Crippen molar-refractivity contribution in [2.75, 3.05) is 6.61 Å². The van der Waals surface area contributed by atoms with E-state index in [1.165, 1.54) is 0 Å². The lowest BCUT2D eigenvalue weighted by atomic mass is 9.75. The van der Waals surface area contributed by atoms with Crippen molar-refractivity contribution >= 4 is 23.2 Å². The molecule has 0 bridgehead atoms. The molecule has 1 aliphatic carbocycles. The van der Waals surface area contributed by atoms with Crippen LogP contribution in [-0.2, 0) is 4.74 Å². The topological polar surface area (TPSA) is 68.3 Å². The van der Waals surface area contributed by atoms with Crippen LogP contribution in [0, 0.1) is 0 Å². The normalized spacial score (nSPS) is 16.5. The Labute approximate surface area is 116 Å². The Bertz CT molecular complexity index is 474. The zero-order valence-electron chi connectivity index (χ0n) is 11.2. The summed E-state index contributed by atoms with van der Waals surface area (Å²) >= 11 is 1.14. The zero-order chi connectivity index (χ0) is 13.9. The number of hydrogen-bond acceptors (Lipinski definition) is 5. The molecule has 0 atom stereocenters. The van der Waals surface area contributed by atoms with Crippen LogP contribution in [0.5, 0.6) is 0 Å². The molecule has 104 valence electrons. The van der Waals surface area contributed by atoms with Gasteiger partial charge in [0.1, 0.15) is 5.69 Å². The number of carbonyl (C=O) groups excluding carboxylic acids is 2. The van der Waals surface area contributed by atoms with Crippen molar-refractivity contribution in [2.24, 2.45) is 0 Å². The highest BCUT2D eigenvalue weighted by Gasteiger charge is 2.37. The van der Waals surface area contributed by atoms with E-state index in [1.54, 1.807) is 12.3 Å². The van der Waals surface area contributed by atoms with E-state index in [0.29, 0.717) is 12.3 Å². The fourth-order valence-electron chi connectivity index (χ4n) is 2.14. The third-order valence-corrected chi connectivity index (χ3v) is 4.38. The highest BCUT2D eigenvalue weighted by atomic mass is 32.1. The van der Waals surface area contributed by atoms with Crippen molar-refractivity contribution in [1.82, 2.24) is 10.3 Å². The first-order chi connectivity index (χ1) is 9.10. The molecule has 1 heterocycles. The summed E-state index contributed by atoms with van der Waals surface area (Å²) < 4.78 is 4.85. The minimum absolute atomic E-state index is 0.0647. The summed E-state index contributed by atoms with van der Waals surface area (Å²) in [7, 11) is 0. The molecule has 0 spiro atoms. The van der Waals surface area contributed by atoms with Crippen LogP contribution in [-0.4, -0.2) is 29.0 Å². The Kier molecular flexibility index (Phi) is 4.19. The number of carbonyl (C=O) groups is 2. The first-order valence-electron chi connectivity index (χ1n) is 6.55. The van der Waals surface area contributed by atoms with Crippen molar-refractivity contribution in [3.63, 3.8) is 0 Å². The van der Waals surface area contributed by atoms with Crippen LogP contribution in [0.15, 0.2) is 5.38 Å². The Hall–Kier alpha value is -1.43. The number of aromatic nitrogens is 1. The summed E-state index contributed by atoms with van der Waals surface area (Å²) in [6, 6.07) is 0. The lowest BCUT2D eigenvalue weighted by Gasteiger charge is -2.41. The third kappa shape index (κ3) is 2.94. The number of esters is 1. The summed E-state index contributed by atoms with van der Waals surface area (Å²) in [6.45, 7) is 4.12. The summed E-state index contributed by atoms with van der Waals surface area (Å²) in [5.74, 6) is -0.672. The zero-order valence-corrected chi connectivity index (χ0v) is 12.0. The molecule has 1 N–H and O–H groups in total. The van der Waals surface area contributed by atoms with Gasteiger partial charge in [-0.2, -0.15) is 0 Å². The largest absolute Gasteiger partial charge is 0.461 e. The summed E-state index contributed by atoms with van der Waals surface area (Å²) in [6.07, 6.45) is 4.11. The predicted molar refractivity (Wildman–Crippen MR) is 72.4 cm³/mol. The molecule has 19 heavy (non-hydrogen) atoms. The van der Waals surface area contributed by atoms with E-state index in [4.69, 9.17) is 4.74 Å². The van der Waals surface area contributed by atoms with Gasteiger partial charge in [0, 0.05) is 10.9 Å². The molecule has 6 heteroatoms. The second kappa shape index (κ2) is 5.69. The van der Waals surface area contributed by atoms with Gasteiger partial charge in [-0.25, -0.2) is 9.78 Å². The number of nitrogens with one attached hydrogen (secondary N) is 1. The first-order valence-corrected chi connectivity index (χ1v) is 7.43. The van der Waals surface area contributed by atoms with Gasteiger partial charge >= 0.3 is 5.97 Å². The number of hydrogen-bond donors (Lipinski definition) is 1. The molecule has 0 saturated heterocycles. The molecule has 1 aliphatic rings. The maximum atomic E-state index is 12.1. The lowest BCUT2D eigenvalue weighted by molar-refractivity contribution is 0.0526. The smallest absolute Gasteiger partial charge is 0.367 e. The molecule has 0 radical (unpaired) electrons. The van der Waals surface area contributed by atoms with Crippen molar-refractivity contribution in [2.45, 2.75) is 45.1 Å². The molecule has 1 fully saturated rings. The highest BCUT2D eigenvalue weighted by Crippen LogP contribution is 2.34. The molecule has 1 aromatic heterocycles. The fraction of sp³-hybridized carbons (Fsp3) is 0.615. The fourth-order valence-corrected chi connectivity index (χ4v) is 2.83. The molecule has 5 nitrogen and oxygen atoms in total. The third-order valence-electron chi connectivity index (χ3n) is 3.55. The molecule has 1 amide bonds. The van der Waals surface area contributed by atoms with Crippen LogP contribution in [0.1, 0.15) is 59.8 Å². The van der Waals surface area contributed by atoms with E-state index in [2.05, 4.69) is 17.2 Å². The van der Waals surface area contributed by atoms with Crippen LogP contribution in [0.25, 0.3) is 0 Å². The standard InChI is InChI=1S/C13H18N2O3S/c1-3-13(6-5-7-13)15-10(16)9-8-19-11(14-9)12(17)18-4-2/h8H,3-7H2,1-2H3,(H,15,16). The Morgan fingerprint density at radius 1 is 1.47 bits per heavy atom. The van der Waals surface area contributed by atoms with Crippen molar-refractivity contribution in [3.05, 3.63) is 16.1 Å². The van der Waals surface area contributed by atoms with Crippen LogP contribution in [0.4, 0.5) is 0 Å². The van der Waals surface area contributed by atoms with Gasteiger partial charge in [-0.1, -0.05) is 6.92 Å². The van der Waals surface area contributed by atoms with Gasteiger partial charge in [0.15, 0.2) is 0 Å². The van der Waals surface area contributed by atoms with Gasteiger partial charge < -0.3 is 10.1 Å². The number of rotatable bonds is 5. The summed E-state index contributed by atoms with van der Waals surface area (Å²) in [5.41, 5.74) is 0.234. The number of amides is 1. The molecular formula is C13H18N2O3S. The maximum Gasteiger partial charge on any atom is 0.367 e. The van der Waals surface area contributed by atoms with E-state index >= 15 is 0 Å². The molecule has 2 rings (SSSR count). The van der Waals surface area contributed by atoms with Crippen molar-refractivity contribution < 1.29 is 14.3 Å². The number of ether oxygens (including phenoxy) is 1. The van der Waals surface area contributed by atoms with Gasteiger partial charge in [0.25, 0.3) is 5.91 Å². The lowest BCUT2D eigenvalue weighted by Crippen LogP contribution is -2.53. The van der Waals surface area contributed by atoms with Gasteiger partial charge in [0.2, 0.25) is 5.01 Å². The SMILES string of the molecule is CCOC(=O)c1nc(C(=O)NC2(CC)CCC2)cs1. The minimum atomic E-state index is -0.472. The first kappa shape index (κ1) is 14.0. The molecule has 1 aromatic rings. The molecule has 0 unspecified atom stereocenters. The van der Waals surface area contributed by atoms with E-state index in [1.807, 2.05) is 0 Å². The van der Waals surface area contributed by atoms with E-state index in [9.17, 15) is 9.59 Å². The maximum absolute atomic E-state index is 12.1. The van der Waals surface area contributed by atoms with E-state index in [0.717, 1.165) is 37.0 Å². The average Bonchev–Trinajstić information content (AvgIpc) is 2.83. The van der Waals surface area contributed by atoms with E-state index in [-0.39, 0.29) is 16.5 Å². The highest BCUT2D eigenvalue weighted by molar-refractivity contribution is 7.11. The summed E-state index contributed by atoms with van der Waals surface area (Å²) in [4.78, 5) is 27.6.